The molecule has 0 saturated heterocycles. The molecular weight excluding hydrogens is 264 g/mol. The Morgan fingerprint density at radius 1 is 1.14 bits per heavy atom. The third-order valence-corrected chi connectivity index (χ3v) is 3.26. The molecular formula is C16H16N4O. The van der Waals surface area contributed by atoms with Gasteiger partial charge in [-0.2, -0.15) is 5.10 Å². The highest BCUT2D eigenvalue weighted by atomic mass is 16.1. The van der Waals surface area contributed by atoms with Crippen molar-refractivity contribution < 1.29 is 4.79 Å². The van der Waals surface area contributed by atoms with Crippen LogP contribution in [0.25, 0.3) is 10.9 Å². The van der Waals surface area contributed by atoms with Gasteiger partial charge in [0.05, 0.1) is 23.0 Å². The van der Waals surface area contributed by atoms with Crippen LogP contribution in [0.2, 0.25) is 0 Å². The minimum absolute atomic E-state index is 0.145. The summed E-state index contributed by atoms with van der Waals surface area (Å²) in [5, 5.41) is 14.0. The highest BCUT2D eigenvalue weighted by Crippen LogP contribution is 2.22. The zero-order chi connectivity index (χ0) is 14.7. The molecule has 0 spiro atoms. The third-order valence-electron chi connectivity index (χ3n) is 3.26. The van der Waals surface area contributed by atoms with Crippen molar-refractivity contribution in [1.82, 2.24) is 10.2 Å². The van der Waals surface area contributed by atoms with Crippen LogP contribution in [0.15, 0.2) is 48.7 Å². The summed E-state index contributed by atoms with van der Waals surface area (Å²) in [6.45, 7) is 2.76. The lowest BCUT2D eigenvalue weighted by molar-refractivity contribution is 0.102. The number of nitrogens with zero attached hydrogens (tertiary/aromatic N) is 1. The highest BCUT2D eigenvalue weighted by Gasteiger charge is 2.12. The molecule has 3 rings (SSSR count). The topological polar surface area (TPSA) is 69.8 Å². The van der Waals surface area contributed by atoms with Gasteiger partial charge in [0.2, 0.25) is 0 Å². The summed E-state index contributed by atoms with van der Waals surface area (Å²) in [7, 11) is 0. The molecule has 3 N–H and O–H groups in total. The number of para-hydroxylation sites is 2. The largest absolute Gasteiger partial charge is 0.385 e. The summed E-state index contributed by atoms with van der Waals surface area (Å²) in [6, 6.07) is 13.2. The third kappa shape index (κ3) is 2.58. The second kappa shape index (κ2) is 5.66. The number of nitrogens with one attached hydrogen (secondary N) is 3. The fourth-order valence-electron chi connectivity index (χ4n) is 2.29. The second-order valence-corrected chi connectivity index (χ2v) is 4.67. The van der Waals surface area contributed by atoms with Crippen LogP contribution in [0.1, 0.15) is 17.3 Å². The second-order valence-electron chi connectivity index (χ2n) is 4.67. The molecule has 2 aromatic carbocycles. The Morgan fingerprint density at radius 2 is 1.95 bits per heavy atom. The Labute approximate surface area is 122 Å². The average molecular weight is 280 g/mol. The lowest BCUT2D eigenvalue weighted by atomic mass is 10.1. The summed E-state index contributed by atoms with van der Waals surface area (Å²) >= 11 is 0. The first kappa shape index (κ1) is 13.2. The molecule has 1 aromatic heterocycles. The molecule has 0 aliphatic carbocycles. The molecule has 5 heteroatoms. The first-order chi connectivity index (χ1) is 10.3. The number of rotatable bonds is 4. The van der Waals surface area contributed by atoms with E-state index in [-0.39, 0.29) is 5.91 Å². The maximum atomic E-state index is 12.5. The van der Waals surface area contributed by atoms with E-state index in [2.05, 4.69) is 20.8 Å². The minimum atomic E-state index is -0.145. The van der Waals surface area contributed by atoms with E-state index in [0.717, 1.165) is 28.8 Å². The predicted molar refractivity (Wildman–Crippen MR) is 84.7 cm³/mol. The van der Waals surface area contributed by atoms with E-state index in [9.17, 15) is 4.79 Å². The zero-order valence-electron chi connectivity index (χ0n) is 11.7. The Morgan fingerprint density at radius 3 is 2.81 bits per heavy atom. The maximum absolute atomic E-state index is 12.5. The first-order valence-electron chi connectivity index (χ1n) is 6.86. The predicted octanol–water partition coefficient (Wildman–Crippen LogP) is 3.25. The van der Waals surface area contributed by atoms with Gasteiger partial charge in [-0.15, -0.1) is 0 Å². The number of hydrogen-bond donors (Lipinski definition) is 3. The fourth-order valence-corrected chi connectivity index (χ4v) is 2.29. The van der Waals surface area contributed by atoms with Crippen molar-refractivity contribution in [2.75, 3.05) is 17.2 Å². The molecule has 1 amide bonds. The summed E-state index contributed by atoms with van der Waals surface area (Å²) in [5.41, 5.74) is 3.00. The van der Waals surface area contributed by atoms with E-state index in [1.807, 2.05) is 43.3 Å². The van der Waals surface area contributed by atoms with Crippen molar-refractivity contribution in [3.8, 4) is 0 Å². The van der Waals surface area contributed by atoms with E-state index in [0.29, 0.717) is 5.56 Å². The van der Waals surface area contributed by atoms with E-state index < -0.39 is 0 Å². The molecule has 106 valence electrons. The van der Waals surface area contributed by atoms with Crippen LogP contribution < -0.4 is 10.6 Å². The van der Waals surface area contributed by atoms with E-state index in [4.69, 9.17) is 0 Å². The summed E-state index contributed by atoms with van der Waals surface area (Å²) in [4.78, 5) is 12.5. The number of benzene rings is 2. The minimum Gasteiger partial charge on any atom is -0.385 e. The number of fused-ring (bicyclic) bond motifs is 1. The van der Waals surface area contributed by atoms with Gasteiger partial charge in [0.25, 0.3) is 5.91 Å². The highest BCUT2D eigenvalue weighted by molar-refractivity contribution is 6.11. The Bertz CT molecular complexity index is 779. The van der Waals surface area contributed by atoms with Crippen molar-refractivity contribution in [3.63, 3.8) is 0 Å². The molecule has 0 bridgehead atoms. The van der Waals surface area contributed by atoms with Crippen LogP contribution >= 0.6 is 0 Å². The Balaban J connectivity index is 1.92. The molecule has 3 aromatic rings. The van der Waals surface area contributed by atoms with Crippen molar-refractivity contribution in [2.24, 2.45) is 0 Å². The number of carbonyl (C=O) groups excluding carboxylic acids is 1. The number of carbonyl (C=O) groups is 1. The molecule has 0 fully saturated rings. The smallest absolute Gasteiger partial charge is 0.257 e. The van der Waals surface area contributed by atoms with Gasteiger partial charge in [-0.1, -0.05) is 24.3 Å². The van der Waals surface area contributed by atoms with Gasteiger partial charge in [-0.05, 0) is 25.1 Å². The van der Waals surface area contributed by atoms with Gasteiger partial charge in [0.15, 0.2) is 0 Å². The molecule has 0 atom stereocenters. The molecule has 0 saturated carbocycles. The maximum Gasteiger partial charge on any atom is 0.257 e. The van der Waals surface area contributed by atoms with Gasteiger partial charge < -0.3 is 10.6 Å². The van der Waals surface area contributed by atoms with Crippen molar-refractivity contribution in [1.29, 1.82) is 0 Å². The molecule has 0 aliphatic rings. The number of aromatic amines is 1. The number of aromatic nitrogens is 2. The van der Waals surface area contributed by atoms with Gasteiger partial charge in [0.1, 0.15) is 0 Å². The number of H-pyrrole nitrogens is 1. The molecule has 5 nitrogen and oxygen atoms in total. The van der Waals surface area contributed by atoms with Crippen molar-refractivity contribution in [3.05, 3.63) is 54.2 Å². The van der Waals surface area contributed by atoms with E-state index in [1.54, 1.807) is 12.3 Å². The van der Waals surface area contributed by atoms with Crippen molar-refractivity contribution in [2.45, 2.75) is 6.92 Å². The summed E-state index contributed by atoms with van der Waals surface area (Å²) in [5.74, 6) is -0.145. The van der Waals surface area contributed by atoms with Crippen molar-refractivity contribution >= 4 is 28.2 Å². The SMILES string of the molecule is CCNc1ccccc1C(=O)Nc1cccc2cn[nH]c12. The van der Waals surface area contributed by atoms with Crippen LogP contribution in [-0.4, -0.2) is 22.6 Å². The Kier molecular flexibility index (Phi) is 3.55. The molecule has 0 unspecified atom stereocenters. The van der Waals surface area contributed by atoms with Crippen LogP contribution in [0.5, 0.6) is 0 Å². The van der Waals surface area contributed by atoms with E-state index in [1.165, 1.54) is 0 Å². The molecule has 1 heterocycles. The van der Waals surface area contributed by atoms with E-state index >= 15 is 0 Å². The standard InChI is InChI=1S/C16H16N4O/c1-2-17-13-8-4-3-7-12(13)16(21)19-14-9-5-6-11-10-18-20-15(11)14/h3-10,17H,2H2,1H3,(H,18,20)(H,19,21). The molecule has 21 heavy (non-hydrogen) atoms. The summed E-state index contributed by atoms with van der Waals surface area (Å²) in [6.07, 6.45) is 1.73. The lowest BCUT2D eigenvalue weighted by Crippen LogP contribution is -2.15. The number of anilines is 2. The van der Waals surface area contributed by atoms with Gasteiger partial charge in [0, 0.05) is 17.6 Å². The van der Waals surface area contributed by atoms with Gasteiger partial charge in [-0.25, -0.2) is 0 Å². The van der Waals surface area contributed by atoms with Gasteiger partial charge in [-0.3, -0.25) is 9.89 Å². The van der Waals surface area contributed by atoms with Crippen LogP contribution in [0.3, 0.4) is 0 Å². The normalized spacial score (nSPS) is 10.5. The average Bonchev–Trinajstić information content (AvgIpc) is 2.98. The number of amides is 1. The number of hydrogen-bond acceptors (Lipinski definition) is 3. The molecule has 0 radical (unpaired) electrons. The summed E-state index contributed by atoms with van der Waals surface area (Å²) < 4.78 is 0. The quantitative estimate of drug-likeness (QED) is 0.687. The first-order valence-corrected chi connectivity index (χ1v) is 6.86. The molecule has 0 aliphatic heterocycles. The zero-order valence-corrected chi connectivity index (χ0v) is 11.7. The fraction of sp³-hybridized carbons (Fsp3) is 0.125. The Hall–Kier alpha value is -2.82. The lowest BCUT2D eigenvalue weighted by Gasteiger charge is -2.11. The monoisotopic (exact) mass is 280 g/mol. The van der Waals surface area contributed by atoms with Gasteiger partial charge >= 0.3 is 0 Å². The van der Waals surface area contributed by atoms with Crippen LogP contribution in [0, 0.1) is 0 Å². The van der Waals surface area contributed by atoms with Crippen LogP contribution in [-0.2, 0) is 0 Å². The van der Waals surface area contributed by atoms with Crippen LogP contribution in [0.4, 0.5) is 11.4 Å².